The molecule has 0 aliphatic heterocycles. The van der Waals surface area contributed by atoms with Crippen LogP contribution in [-0.4, -0.2) is 11.5 Å². The molecule has 0 bridgehead atoms. The van der Waals surface area contributed by atoms with Crippen LogP contribution in [0.5, 0.6) is 0 Å². The van der Waals surface area contributed by atoms with Gasteiger partial charge in [0.2, 0.25) is 5.78 Å². The molecule has 0 saturated carbocycles. The molecular formula is C20H17ClO2S. The van der Waals surface area contributed by atoms with Gasteiger partial charge in [0.1, 0.15) is 0 Å². The van der Waals surface area contributed by atoms with Gasteiger partial charge in [0.15, 0.2) is 25.5 Å². The minimum atomic E-state index is -2.64. The molecule has 0 aliphatic rings. The average Bonchev–Trinajstić information content (AvgIpc) is 2.64. The topological polar surface area (TPSA) is 34.1 Å². The van der Waals surface area contributed by atoms with Crippen LogP contribution in [0.4, 0.5) is 0 Å². The fourth-order valence-electron chi connectivity index (χ4n) is 2.48. The largest absolute Gasteiger partial charge is 1.00 e. The molecule has 0 spiro atoms. The number of halogens is 1. The third-order valence-corrected chi connectivity index (χ3v) is 6.41. The zero-order chi connectivity index (χ0) is 16.1. The Labute approximate surface area is 149 Å². The molecule has 0 heterocycles. The second kappa shape index (κ2) is 8.04. The summed E-state index contributed by atoms with van der Waals surface area (Å²) in [5.74, 6) is -0.131. The zero-order valence-electron chi connectivity index (χ0n) is 13.0. The Morgan fingerprint density at radius 1 is 0.667 bits per heavy atom. The highest BCUT2D eigenvalue weighted by molar-refractivity contribution is 8.03. The van der Waals surface area contributed by atoms with Gasteiger partial charge in [-0.2, -0.15) is 0 Å². The quantitative estimate of drug-likeness (QED) is 0.513. The van der Waals surface area contributed by atoms with Gasteiger partial charge in [-0.05, 0) is 24.3 Å². The van der Waals surface area contributed by atoms with Gasteiger partial charge in [-0.1, -0.05) is 70.9 Å². The summed E-state index contributed by atoms with van der Waals surface area (Å²) in [6.07, 6.45) is 0. The summed E-state index contributed by atoms with van der Waals surface area (Å²) in [5.41, 5.74) is 0.590. The highest BCUT2D eigenvalue weighted by Gasteiger charge is 2.37. The zero-order valence-corrected chi connectivity index (χ0v) is 14.5. The Balaban J connectivity index is 0.00000208. The maximum atomic E-state index is 13.8. The van der Waals surface area contributed by atoms with Gasteiger partial charge in [0, 0.05) is 5.56 Å². The van der Waals surface area contributed by atoms with Crippen molar-refractivity contribution in [1.29, 1.82) is 0 Å². The molecule has 0 fully saturated rings. The molecule has 0 amide bonds. The summed E-state index contributed by atoms with van der Waals surface area (Å²) in [6.45, 7) is 0. The van der Waals surface area contributed by atoms with Crippen molar-refractivity contribution in [2.24, 2.45) is 0 Å². The lowest BCUT2D eigenvalue weighted by molar-refractivity contribution is -0.0000139. The second-order valence-corrected chi connectivity index (χ2v) is 7.82. The molecule has 0 saturated heterocycles. The van der Waals surface area contributed by atoms with E-state index >= 15 is 0 Å². The van der Waals surface area contributed by atoms with Crippen molar-refractivity contribution in [1.82, 2.24) is 0 Å². The van der Waals surface area contributed by atoms with E-state index in [9.17, 15) is 9.00 Å². The van der Waals surface area contributed by atoms with E-state index in [0.717, 1.165) is 0 Å². The Kier molecular flexibility index (Phi) is 6.07. The van der Waals surface area contributed by atoms with E-state index in [1.165, 1.54) is 0 Å². The van der Waals surface area contributed by atoms with Gasteiger partial charge < -0.3 is 12.4 Å². The number of Topliss-reactive ketones (excluding diaryl/α,β-unsaturated/α-hetero) is 1. The van der Waals surface area contributed by atoms with Crippen molar-refractivity contribution >= 4 is 15.7 Å². The minimum Gasteiger partial charge on any atom is -1.00 e. The van der Waals surface area contributed by atoms with Crippen molar-refractivity contribution in [2.75, 3.05) is 5.75 Å². The van der Waals surface area contributed by atoms with E-state index in [4.69, 9.17) is 0 Å². The van der Waals surface area contributed by atoms with Crippen LogP contribution in [0.2, 0.25) is 0 Å². The fourth-order valence-corrected chi connectivity index (χ4v) is 4.81. The monoisotopic (exact) mass is 356 g/mol. The molecule has 3 rings (SSSR count). The molecule has 0 unspecified atom stereocenters. The predicted octanol–water partition coefficient (Wildman–Crippen LogP) is 1.49. The van der Waals surface area contributed by atoms with Crippen LogP contribution >= 0.6 is 0 Å². The smallest absolute Gasteiger partial charge is 0.212 e. The summed E-state index contributed by atoms with van der Waals surface area (Å²) in [4.78, 5) is 14.0. The Hall–Kier alpha value is -2.23. The average molecular weight is 357 g/mol. The Morgan fingerprint density at radius 3 is 1.46 bits per heavy atom. The SMILES string of the molecule is O=C(C[S+](=O)(c1ccccc1)c1ccccc1)c1ccccc1.[Cl-]. The van der Waals surface area contributed by atoms with Crippen LogP contribution in [0.25, 0.3) is 0 Å². The third kappa shape index (κ3) is 3.81. The van der Waals surface area contributed by atoms with Crippen LogP contribution in [0, 0.1) is 0 Å². The van der Waals surface area contributed by atoms with E-state index in [1.807, 2.05) is 78.9 Å². The van der Waals surface area contributed by atoms with Gasteiger partial charge in [0.25, 0.3) is 0 Å². The molecule has 0 radical (unpaired) electrons. The van der Waals surface area contributed by atoms with Gasteiger partial charge in [0.05, 0.1) is 0 Å². The molecule has 3 aromatic carbocycles. The molecule has 0 N–H and O–H groups in total. The minimum absolute atomic E-state index is 0. The molecule has 3 aromatic rings. The van der Waals surface area contributed by atoms with E-state index in [2.05, 4.69) is 0 Å². The van der Waals surface area contributed by atoms with Crippen molar-refractivity contribution in [3.63, 3.8) is 0 Å². The maximum absolute atomic E-state index is 13.8. The number of carbonyl (C=O) groups is 1. The van der Waals surface area contributed by atoms with Crippen LogP contribution in [0.15, 0.2) is 101 Å². The molecule has 0 atom stereocenters. The second-order valence-electron chi connectivity index (χ2n) is 5.23. The number of benzene rings is 3. The number of rotatable bonds is 5. The van der Waals surface area contributed by atoms with Gasteiger partial charge in [-0.3, -0.25) is 4.79 Å². The molecule has 0 aliphatic carbocycles. The van der Waals surface area contributed by atoms with E-state index in [-0.39, 0.29) is 23.9 Å². The first-order chi connectivity index (χ1) is 11.2. The van der Waals surface area contributed by atoms with Gasteiger partial charge in [-0.25, -0.2) is 0 Å². The van der Waals surface area contributed by atoms with Crippen molar-refractivity contribution in [3.8, 4) is 0 Å². The molecule has 2 nitrogen and oxygen atoms in total. The Morgan fingerprint density at radius 2 is 1.04 bits per heavy atom. The standard InChI is InChI=1S/C20H17O2S.ClH/c21-20(17-10-4-1-5-11-17)16-23(22,18-12-6-2-7-13-18)19-14-8-3-9-15-19;/h1-15H,16H2;1H/q+1;/p-1. The van der Waals surface area contributed by atoms with Crippen molar-refractivity contribution < 1.29 is 21.4 Å². The lowest BCUT2D eigenvalue weighted by Gasteiger charge is -2.11. The van der Waals surface area contributed by atoms with Crippen LogP contribution in [-0.2, 0) is 14.1 Å². The lowest BCUT2D eigenvalue weighted by atomic mass is 10.2. The number of ketones is 1. The summed E-state index contributed by atoms with van der Waals surface area (Å²) in [5, 5.41) is 0. The molecular weight excluding hydrogens is 340 g/mol. The molecule has 0 aromatic heterocycles. The van der Waals surface area contributed by atoms with E-state index < -0.39 is 9.93 Å². The summed E-state index contributed by atoms with van der Waals surface area (Å²) < 4.78 is 13.8. The van der Waals surface area contributed by atoms with E-state index in [0.29, 0.717) is 15.4 Å². The molecule has 122 valence electrons. The first-order valence-electron chi connectivity index (χ1n) is 7.40. The number of hydrogen-bond donors (Lipinski definition) is 0. The van der Waals surface area contributed by atoms with E-state index in [1.54, 1.807) is 12.1 Å². The first kappa shape index (κ1) is 18.1. The maximum Gasteiger partial charge on any atom is 0.212 e. The van der Waals surface area contributed by atoms with Crippen LogP contribution < -0.4 is 12.4 Å². The highest BCUT2D eigenvalue weighted by Crippen LogP contribution is 2.29. The van der Waals surface area contributed by atoms with Crippen LogP contribution in [0.3, 0.4) is 0 Å². The fraction of sp³-hybridized carbons (Fsp3) is 0.0500. The third-order valence-electron chi connectivity index (χ3n) is 3.68. The number of hydrogen-bond acceptors (Lipinski definition) is 2. The van der Waals surface area contributed by atoms with Gasteiger partial charge in [-0.15, -0.1) is 0 Å². The summed E-state index contributed by atoms with van der Waals surface area (Å²) in [6, 6.07) is 27.5. The summed E-state index contributed by atoms with van der Waals surface area (Å²) >= 11 is 0. The predicted molar refractivity (Wildman–Crippen MR) is 93.1 cm³/mol. The number of carbonyl (C=O) groups excluding carboxylic acids is 1. The van der Waals surface area contributed by atoms with Gasteiger partial charge >= 0.3 is 0 Å². The molecule has 24 heavy (non-hydrogen) atoms. The Bertz CT molecular complexity index is 790. The first-order valence-corrected chi connectivity index (χ1v) is 9.13. The molecule has 4 heteroatoms. The summed E-state index contributed by atoms with van der Waals surface area (Å²) in [7, 11) is -2.64. The highest BCUT2D eigenvalue weighted by atomic mass is 35.5. The van der Waals surface area contributed by atoms with Crippen molar-refractivity contribution in [3.05, 3.63) is 96.6 Å². The van der Waals surface area contributed by atoms with Crippen molar-refractivity contribution in [2.45, 2.75) is 9.79 Å². The van der Waals surface area contributed by atoms with Crippen LogP contribution in [0.1, 0.15) is 10.4 Å². The lowest BCUT2D eigenvalue weighted by Crippen LogP contribution is -3.00. The normalized spacial score (nSPS) is 10.7.